The van der Waals surface area contributed by atoms with Crippen molar-refractivity contribution in [1.29, 1.82) is 0 Å². The lowest BCUT2D eigenvalue weighted by Crippen LogP contribution is -2.67. The van der Waals surface area contributed by atoms with E-state index in [1.807, 2.05) is 0 Å². The first kappa shape index (κ1) is 21.5. The fraction of sp³-hybridized carbons (Fsp3) is 0.571. The average Bonchev–Trinajstić information content (AvgIpc) is 2.45. The topological polar surface area (TPSA) is 0 Å². The Morgan fingerprint density at radius 2 is 1.08 bits per heavy atom. The molecule has 1 rings (SSSR count). The quantitative estimate of drug-likeness (QED) is 0.516. The van der Waals surface area contributed by atoms with E-state index < -0.39 is 49.1 Å². The van der Waals surface area contributed by atoms with E-state index in [0.717, 1.165) is 0 Å². The lowest BCUT2D eigenvalue weighted by atomic mass is 9.86. The predicted molar refractivity (Wildman–Crippen MR) is 65.2 cm³/mol. The van der Waals surface area contributed by atoms with Crippen molar-refractivity contribution in [3.63, 3.8) is 0 Å². The molecule has 0 spiro atoms. The molecule has 1 unspecified atom stereocenters. The van der Waals surface area contributed by atoms with Crippen LogP contribution in [0.1, 0.15) is 18.4 Å². The Labute approximate surface area is 134 Å². The highest BCUT2D eigenvalue weighted by molar-refractivity contribution is 5.15. The first-order valence-electron chi connectivity index (χ1n) is 6.70. The minimum absolute atomic E-state index is 0.276. The summed E-state index contributed by atoms with van der Waals surface area (Å²) in [5.41, 5.74) is -5.77. The van der Waals surface area contributed by atoms with Gasteiger partial charge in [0.1, 0.15) is 0 Å². The first-order valence-corrected chi connectivity index (χ1v) is 6.70. The fourth-order valence-electron chi connectivity index (χ4n) is 2.08. The summed E-state index contributed by atoms with van der Waals surface area (Å²) in [6, 6.07) is 7.05. The van der Waals surface area contributed by atoms with Crippen molar-refractivity contribution < 1.29 is 48.3 Å². The predicted octanol–water partition coefficient (Wildman–Crippen LogP) is 6.11. The molecule has 11 heteroatoms. The number of benzene rings is 1. The van der Waals surface area contributed by atoms with E-state index in [0.29, 0.717) is 0 Å². The van der Waals surface area contributed by atoms with Crippen molar-refractivity contribution in [2.24, 2.45) is 0 Å². The van der Waals surface area contributed by atoms with Crippen LogP contribution in [0.25, 0.3) is 0 Å². The van der Waals surface area contributed by atoms with Gasteiger partial charge in [0.15, 0.2) is 0 Å². The molecule has 0 amide bonds. The van der Waals surface area contributed by atoms with Gasteiger partial charge in [-0.1, -0.05) is 30.3 Å². The molecule has 0 fully saturated rings. The van der Waals surface area contributed by atoms with Crippen LogP contribution in [0, 0.1) is 0 Å². The first-order chi connectivity index (χ1) is 11.1. The Hall–Kier alpha value is -1.55. The smallest absolute Gasteiger partial charge is 0.227 e. The fourth-order valence-corrected chi connectivity index (χ4v) is 2.08. The Morgan fingerprint density at radius 3 is 1.48 bits per heavy atom. The molecule has 25 heavy (non-hydrogen) atoms. The zero-order valence-electron chi connectivity index (χ0n) is 12.2. The summed E-state index contributed by atoms with van der Waals surface area (Å²) in [5, 5.41) is 0. The lowest BCUT2D eigenvalue weighted by molar-refractivity contribution is -0.412. The minimum atomic E-state index is -7.20. The molecular formula is C14H11F11. The summed E-state index contributed by atoms with van der Waals surface area (Å²) < 4.78 is 141. The monoisotopic (exact) mass is 388 g/mol. The van der Waals surface area contributed by atoms with Crippen LogP contribution < -0.4 is 0 Å². The Morgan fingerprint density at radius 1 is 0.600 bits per heavy atom. The van der Waals surface area contributed by atoms with Crippen LogP contribution in [0.5, 0.6) is 0 Å². The summed E-state index contributed by atoms with van der Waals surface area (Å²) in [5.74, 6) is -14.2. The van der Waals surface area contributed by atoms with Gasteiger partial charge < -0.3 is 0 Å². The molecule has 0 bridgehead atoms. The standard InChI is InChI=1S/C14H11F11/c15-10(13(20,21)22,8-4-7-9-5-2-1-3-6-9)11(16,17)12(18,19)14(23,24)25/h1-3,5-6H,4,7-8H2. The highest BCUT2D eigenvalue weighted by Gasteiger charge is 2.85. The van der Waals surface area contributed by atoms with E-state index in [2.05, 4.69) is 0 Å². The zero-order valence-corrected chi connectivity index (χ0v) is 12.2. The van der Waals surface area contributed by atoms with Gasteiger partial charge in [-0.25, -0.2) is 4.39 Å². The van der Waals surface area contributed by atoms with E-state index in [4.69, 9.17) is 0 Å². The number of rotatable bonds is 6. The number of aryl methyl sites for hydroxylation is 1. The number of hydrogen-bond acceptors (Lipinski definition) is 0. The third-order valence-electron chi connectivity index (χ3n) is 3.53. The second kappa shape index (κ2) is 6.64. The maximum Gasteiger partial charge on any atom is 0.460 e. The highest BCUT2D eigenvalue weighted by atomic mass is 19.4. The van der Waals surface area contributed by atoms with Crippen LogP contribution in [0.15, 0.2) is 30.3 Å². The average molecular weight is 388 g/mol. The second-order valence-electron chi connectivity index (χ2n) is 5.28. The van der Waals surface area contributed by atoms with Crippen molar-refractivity contribution in [2.75, 3.05) is 0 Å². The summed E-state index contributed by atoms with van der Waals surface area (Å²) in [4.78, 5) is 0. The van der Waals surface area contributed by atoms with Gasteiger partial charge in [0.25, 0.3) is 5.67 Å². The molecule has 0 radical (unpaired) electrons. The zero-order chi connectivity index (χ0) is 19.7. The normalized spacial score (nSPS) is 16.6. The van der Waals surface area contributed by atoms with Crippen LogP contribution in [0.3, 0.4) is 0 Å². The van der Waals surface area contributed by atoms with Gasteiger partial charge in [-0.05, 0) is 24.8 Å². The molecule has 1 atom stereocenters. The maximum atomic E-state index is 14.0. The summed E-state index contributed by atoms with van der Waals surface area (Å²) in [6.45, 7) is 0. The summed E-state index contributed by atoms with van der Waals surface area (Å²) in [7, 11) is 0. The van der Waals surface area contributed by atoms with Crippen molar-refractivity contribution in [3.05, 3.63) is 35.9 Å². The van der Waals surface area contributed by atoms with E-state index in [1.165, 1.54) is 30.3 Å². The molecule has 144 valence electrons. The van der Waals surface area contributed by atoms with Gasteiger partial charge in [-0.2, -0.15) is 43.9 Å². The van der Waals surface area contributed by atoms with E-state index >= 15 is 0 Å². The summed E-state index contributed by atoms with van der Waals surface area (Å²) in [6.07, 6.45) is -17.4. The van der Waals surface area contributed by atoms with Crippen LogP contribution in [-0.4, -0.2) is 29.9 Å². The SMILES string of the molecule is FC(F)(F)C(F)(F)C(F)(F)C(F)(CCCc1ccccc1)C(F)(F)F. The van der Waals surface area contributed by atoms with Gasteiger partial charge in [0.05, 0.1) is 0 Å². The van der Waals surface area contributed by atoms with Gasteiger partial charge >= 0.3 is 24.2 Å². The van der Waals surface area contributed by atoms with Crippen molar-refractivity contribution in [2.45, 2.75) is 49.1 Å². The molecule has 0 aliphatic carbocycles. The second-order valence-corrected chi connectivity index (χ2v) is 5.28. The highest BCUT2D eigenvalue weighted by Crippen LogP contribution is 2.58. The lowest BCUT2D eigenvalue weighted by Gasteiger charge is -2.39. The maximum absolute atomic E-state index is 14.0. The molecule has 1 aromatic carbocycles. The van der Waals surface area contributed by atoms with Gasteiger partial charge in [0, 0.05) is 0 Å². The van der Waals surface area contributed by atoms with Crippen LogP contribution >= 0.6 is 0 Å². The molecule has 0 saturated heterocycles. The van der Waals surface area contributed by atoms with Crippen LogP contribution in [-0.2, 0) is 6.42 Å². The van der Waals surface area contributed by atoms with Crippen molar-refractivity contribution >= 4 is 0 Å². The molecule has 0 aliphatic rings. The van der Waals surface area contributed by atoms with Crippen LogP contribution in [0.2, 0.25) is 0 Å². The number of halogens is 11. The number of alkyl halides is 11. The molecule has 0 N–H and O–H groups in total. The molecule has 1 aromatic rings. The molecule has 0 heterocycles. The minimum Gasteiger partial charge on any atom is -0.227 e. The van der Waals surface area contributed by atoms with Crippen LogP contribution in [0.4, 0.5) is 48.3 Å². The Kier molecular flexibility index (Phi) is 5.71. The van der Waals surface area contributed by atoms with Crippen molar-refractivity contribution in [1.82, 2.24) is 0 Å². The van der Waals surface area contributed by atoms with Crippen molar-refractivity contribution in [3.8, 4) is 0 Å². The molecule has 0 saturated carbocycles. The Bertz CT molecular complexity index is 558. The van der Waals surface area contributed by atoms with Gasteiger partial charge in [-0.3, -0.25) is 0 Å². The molecule has 0 aliphatic heterocycles. The third-order valence-corrected chi connectivity index (χ3v) is 3.53. The molecule has 0 aromatic heterocycles. The molecular weight excluding hydrogens is 377 g/mol. The van der Waals surface area contributed by atoms with E-state index in [1.54, 1.807) is 0 Å². The van der Waals surface area contributed by atoms with Gasteiger partial charge in [-0.15, -0.1) is 0 Å². The Balaban J connectivity index is 3.14. The van der Waals surface area contributed by atoms with E-state index in [-0.39, 0.29) is 5.56 Å². The number of hydrogen-bond donors (Lipinski definition) is 0. The third kappa shape index (κ3) is 3.84. The largest absolute Gasteiger partial charge is 0.460 e. The van der Waals surface area contributed by atoms with Gasteiger partial charge in [0.2, 0.25) is 0 Å². The van der Waals surface area contributed by atoms with E-state index in [9.17, 15) is 48.3 Å². The summed E-state index contributed by atoms with van der Waals surface area (Å²) >= 11 is 0. The molecule has 0 nitrogen and oxygen atoms in total.